The molecule has 0 bridgehead atoms. The zero-order chi connectivity index (χ0) is 21.5. The molecule has 4 rings (SSSR count). The number of amidine groups is 1. The normalized spacial score (nSPS) is 27.7. The molecular weight excluding hydrogens is 437 g/mol. The molecule has 5 nitrogen and oxygen atoms in total. The van der Waals surface area contributed by atoms with E-state index >= 15 is 0 Å². The lowest BCUT2D eigenvalue weighted by Gasteiger charge is -2.25. The highest BCUT2D eigenvalue weighted by molar-refractivity contribution is 8.16. The molecule has 2 atom stereocenters. The number of aliphatic imine (C=N–C) groups is 1. The minimum Gasteiger partial charge on any atom is -0.316 e. The Kier molecular flexibility index (Phi) is 5.91. The first kappa shape index (κ1) is 21.7. The van der Waals surface area contributed by atoms with Gasteiger partial charge in [-0.25, -0.2) is 8.42 Å². The number of fused-ring (bicyclic) bond motifs is 1. The van der Waals surface area contributed by atoms with Crippen LogP contribution in [0.5, 0.6) is 0 Å². The number of amides is 1. The zero-order valence-electron chi connectivity index (χ0n) is 16.3. The highest BCUT2D eigenvalue weighted by atomic mass is 32.2. The van der Waals surface area contributed by atoms with Crippen LogP contribution >= 0.6 is 11.8 Å². The van der Waals surface area contributed by atoms with Crippen LogP contribution in [0.25, 0.3) is 0 Å². The number of hydrogen-bond donors (Lipinski definition) is 0. The monoisotopic (exact) mass is 460 g/mol. The number of sulfone groups is 1. The molecule has 1 saturated carbocycles. The Morgan fingerprint density at radius 3 is 2.63 bits per heavy atom. The molecule has 1 amide bonds. The minimum absolute atomic E-state index is 0.0624. The van der Waals surface area contributed by atoms with Gasteiger partial charge in [0.2, 0.25) is 5.91 Å². The van der Waals surface area contributed by atoms with Gasteiger partial charge in [0.1, 0.15) is 0 Å². The number of anilines is 1. The summed E-state index contributed by atoms with van der Waals surface area (Å²) in [4.78, 5) is 18.2. The summed E-state index contributed by atoms with van der Waals surface area (Å²) in [5.74, 6) is 0.0159. The Morgan fingerprint density at radius 2 is 1.93 bits per heavy atom. The van der Waals surface area contributed by atoms with Crippen LogP contribution in [0.15, 0.2) is 29.3 Å². The largest absolute Gasteiger partial charge is 0.416 e. The molecule has 30 heavy (non-hydrogen) atoms. The number of halogens is 3. The van der Waals surface area contributed by atoms with E-state index < -0.39 is 27.6 Å². The van der Waals surface area contributed by atoms with Crippen LogP contribution < -0.4 is 4.90 Å². The number of carbonyl (C=O) groups is 1. The maximum absolute atomic E-state index is 13.2. The van der Waals surface area contributed by atoms with Crippen molar-refractivity contribution in [3.05, 3.63) is 29.8 Å². The molecule has 2 heterocycles. The second-order valence-corrected chi connectivity index (χ2v) is 11.6. The fraction of sp³-hybridized carbons (Fsp3) is 0.600. The summed E-state index contributed by atoms with van der Waals surface area (Å²) in [6.45, 7) is 0. The van der Waals surface area contributed by atoms with Gasteiger partial charge in [0.15, 0.2) is 15.0 Å². The van der Waals surface area contributed by atoms with Crippen molar-refractivity contribution < 1.29 is 26.4 Å². The lowest BCUT2D eigenvalue weighted by molar-refractivity contribution is -0.137. The second kappa shape index (κ2) is 8.18. The Hall–Kier alpha value is -1.55. The summed E-state index contributed by atoms with van der Waals surface area (Å²) in [5, 5.41) is -0.0402. The first-order valence-corrected chi connectivity index (χ1v) is 12.8. The zero-order valence-corrected chi connectivity index (χ0v) is 17.9. The van der Waals surface area contributed by atoms with Crippen LogP contribution in [0.4, 0.5) is 18.9 Å². The van der Waals surface area contributed by atoms with E-state index in [1.807, 2.05) is 0 Å². The van der Waals surface area contributed by atoms with E-state index in [1.165, 1.54) is 41.6 Å². The average molecular weight is 461 g/mol. The van der Waals surface area contributed by atoms with E-state index in [4.69, 9.17) is 0 Å². The lowest BCUT2D eigenvalue weighted by atomic mass is 10.0. The molecule has 3 aliphatic rings. The number of benzene rings is 1. The van der Waals surface area contributed by atoms with E-state index in [0.29, 0.717) is 17.5 Å². The summed E-state index contributed by atoms with van der Waals surface area (Å²) in [5.41, 5.74) is -0.606. The van der Waals surface area contributed by atoms with Crippen molar-refractivity contribution in [2.24, 2.45) is 10.9 Å². The highest BCUT2D eigenvalue weighted by Gasteiger charge is 2.49. The second-order valence-electron chi connectivity index (χ2n) is 8.20. The standard InChI is InChI=1S/C20H23F3N2O3S2/c21-20(22,23)14-6-3-7-15(10-14)25-16-11-30(27,28)12-17(16)29-19(25)24-18(26)9-8-13-4-1-2-5-13/h3,6-7,10,13,16-17H,1-2,4-5,8-9,11-12H2/t16-,17-/m0/s1. The van der Waals surface area contributed by atoms with E-state index in [9.17, 15) is 26.4 Å². The first-order valence-electron chi connectivity index (χ1n) is 10.1. The predicted octanol–water partition coefficient (Wildman–Crippen LogP) is 4.28. The van der Waals surface area contributed by atoms with Crippen LogP contribution in [0, 0.1) is 5.92 Å². The molecule has 2 aliphatic heterocycles. The third kappa shape index (κ3) is 4.69. The number of hydrogen-bond acceptors (Lipinski definition) is 4. The van der Waals surface area contributed by atoms with Gasteiger partial charge in [-0.1, -0.05) is 43.5 Å². The van der Waals surface area contributed by atoms with Crippen molar-refractivity contribution in [2.45, 2.75) is 56.0 Å². The SMILES string of the molecule is O=C(CCC1CCCC1)N=C1S[C@H]2CS(=O)(=O)C[C@@H]2N1c1cccc(C(F)(F)F)c1. The summed E-state index contributed by atoms with van der Waals surface area (Å²) in [6.07, 6.45) is 1.17. The topological polar surface area (TPSA) is 66.8 Å². The molecule has 0 radical (unpaired) electrons. The van der Waals surface area contributed by atoms with Gasteiger partial charge >= 0.3 is 6.18 Å². The van der Waals surface area contributed by atoms with Crippen molar-refractivity contribution in [3.63, 3.8) is 0 Å². The molecule has 10 heteroatoms. The van der Waals surface area contributed by atoms with Crippen molar-refractivity contribution >= 4 is 38.4 Å². The smallest absolute Gasteiger partial charge is 0.316 e. The van der Waals surface area contributed by atoms with Crippen LogP contribution in [0.1, 0.15) is 44.1 Å². The first-order chi connectivity index (χ1) is 14.1. The van der Waals surface area contributed by atoms with Crippen molar-refractivity contribution in [1.29, 1.82) is 0 Å². The predicted molar refractivity (Wildman–Crippen MR) is 111 cm³/mol. The summed E-state index contributed by atoms with van der Waals surface area (Å²) >= 11 is 1.18. The molecule has 2 saturated heterocycles. The van der Waals surface area contributed by atoms with Gasteiger partial charge in [-0.15, -0.1) is 0 Å². The molecule has 0 aromatic heterocycles. The molecule has 164 valence electrons. The third-order valence-corrected chi connectivity index (χ3v) is 9.19. The molecule has 0 N–H and O–H groups in total. The van der Waals surface area contributed by atoms with Gasteiger partial charge in [-0.3, -0.25) is 4.79 Å². The van der Waals surface area contributed by atoms with Gasteiger partial charge in [-0.05, 0) is 30.5 Å². The van der Waals surface area contributed by atoms with Crippen LogP contribution in [-0.4, -0.2) is 42.3 Å². The minimum atomic E-state index is -4.52. The third-order valence-electron chi connectivity index (χ3n) is 5.98. The van der Waals surface area contributed by atoms with E-state index in [0.717, 1.165) is 31.4 Å². The molecule has 3 fully saturated rings. The van der Waals surface area contributed by atoms with Crippen molar-refractivity contribution in [1.82, 2.24) is 0 Å². The van der Waals surface area contributed by atoms with Gasteiger partial charge in [0.25, 0.3) is 0 Å². The van der Waals surface area contributed by atoms with Gasteiger partial charge in [0, 0.05) is 17.4 Å². The number of carbonyl (C=O) groups excluding carboxylic acids is 1. The number of alkyl halides is 3. The molecule has 1 aromatic carbocycles. The lowest BCUT2D eigenvalue weighted by Crippen LogP contribution is -2.37. The number of rotatable bonds is 4. The Bertz CT molecular complexity index is 956. The van der Waals surface area contributed by atoms with E-state index in [1.54, 1.807) is 0 Å². The van der Waals surface area contributed by atoms with Crippen molar-refractivity contribution in [2.75, 3.05) is 16.4 Å². The Balaban J connectivity index is 1.60. The molecule has 1 aliphatic carbocycles. The fourth-order valence-corrected chi connectivity index (χ4v) is 8.42. The number of thioether (sulfide) groups is 1. The van der Waals surface area contributed by atoms with E-state index in [2.05, 4.69) is 4.99 Å². The molecule has 1 aromatic rings. The summed E-state index contributed by atoms with van der Waals surface area (Å²) in [7, 11) is -3.28. The van der Waals surface area contributed by atoms with Gasteiger partial charge in [-0.2, -0.15) is 18.2 Å². The molecular formula is C20H23F3N2O3S2. The van der Waals surface area contributed by atoms with E-state index in [-0.39, 0.29) is 28.4 Å². The van der Waals surface area contributed by atoms with Gasteiger partial charge < -0.3 is 4.90 Å². The maximum atomic E-state index is 13.2. The Morgan fingerprint density at radius 1 is 1.20 bits per heavy atom. The van der Waals surface area contributed by atoms with Gasteiger partial charge in [0.05, 0.1) is 23.1 Å². The molecule has 0 spiro atoms. The fourth-order valence-electron chi connectivity index (χ4n) is 4.49. The quantitative estimate of drug-likeness (QED) is 0.671. The van der Waals surface area contributed by atoms with Crippen molar-refractivity contribution in [3.8, 4) is 0 Å². The molecule has 0 unspecified atom stereocenters. The van der Waals surface area contributed by atoms with Crippen LogP contribution in [0.2, 0.25) is 0 Å². The summed E-state index contributed by atoms with van der Waals surface area (Å²) in [6, 6.07) is 4.23. The summed E-state index contributed by atoms with van der Waals surface area (Å²) < 4.78 is 63.8. The number of nitrogens with zero attached hydrogens (tertiary/aromatic N) is 2. The highest BCUT2D eigenvalue weighted by Crippen LogP contribution is 2.42. The Labute approximate surface area is 178 Å². The van der Waals surface area contributed by atoms with Crippen LogP contribution in [-0.2, 0) is 20.8 Å². The van der Waals surface area contributed by atoms with Crippen LogP contribution in [0.3, 0.4) is 0 Å². The maximum Gasteiger partial charge on any atom is 0.416 e. The average Bonchev–Trinajstić information content (AvgIpc) is 3.34.